The van der Waals surface area contributed by atoms with E-state index in [4.69, 9.17) is 16.7 Å². The van der Waals surface area contributed by atoms with Crippen LogP contribution in [0.4, 0.5) is 10.1 Å². The van der Waals surface area contributed by atoms with Crippen LogP contribution in [0, 0.1) is 5.82 Å². The van der Waals surface area contributed by atoms with Crippen molar-refractivity contribution >= 4 is 47.1 Å². The minimum absolute atomic E-state index is 0.0458. The Kier molecular flexibility index (Phi) is 10.5. The molecule has 14 heteroatoms. The number of carbonyl (C=O) groups excluding carboxylic acids is 3. The highest BCUT2D eigenvalue weighted by molar-refractivity contribution is 6.30. The van der Waals surface area contributed by atoms with E-state index in [-0.39, 0.29) is 17.7 Å². The van der Waals surface area contributed by atoms with E-state index >= 15 is 0 Å². The molecule has 1 atom stereocenters. The van der Waals surface area contributed by atoms with Crippen LogP contribution in [0.3, 0.4) is 0 Å². The summed E-state index contributed by atoms with van der Waals surface area (Å²) in [4.78, 5) is 50.5. The van der Waals surface area contributed by atoms with Gasteiger partial charge in [-0.05, 0) is 71.3 Å². The molecule has 3 amide bonds. The van der Waals surface area contributed by atoms with Gasteiger partial charge in [-0.2, -0.15) is 4.68 Å². The van der Waals surface area contributed by atoms with Crippen LogP contribution in [0.1, 0.15) is 27.9 Å². The van der Waals surface area contributed by atoms with Gasteiger partial charge in [-0.15, -0.1) is 5.10 Å². The Labute approximate surface area is 256 Å². The van der Waals surface area contributed by atoms with Gasteiger partial charge in [-0.25, -0.2) is 4.39 Å². The van der Waals surface area contributed by atoms with Gasteiger partial charge in [0.15, 0.2) is 0 Å². The molecule has 4 rings (SSSR count). The van der Waals surface area contributed by atoms with Crippen molar-refractivity contribution in [2.75, 3.05) is 18.9 Å². The number of hydrogen-bond acceptors (Lipinski definition) is 7. The Bertz CT molecular complexity index is 1680. The van der Waals surface area contributed by atoms with E-state index in [2.05, 4.69) is 26.2 Å². The highest BCUT2D eigenvalue weighted by Crippen LogP contribution is 2.21. The van der Waals surface area contributed by atoms with Gasteiger partial charge in [-0.1, -0.05) is 41.9 Å². The molecule has 0 saturated carbocycles. The number of benzene rings is 3. The van der Waals surface area contributed by atoms with Crippen molar-refractivity contribution < 1.29 is 28.7 Å². The molecule has 0 fully saturated rings. The SMILES string of the molecule is CN(CC(=O)O)C(=O)c1ccc(NC(=O)[C@H](CCc2ccccc2)NC(=O)/C=C/c2cc(Cl)ccc2-n2cnnn2)cc1F. The van der Waals surface area contributed by atoms with Crippen LogP contribution in [-0.4, -0.2) is 73.5 Å². The second-order valence-electron chi connectivity index (χ2n) is 9.62. The summed E-state index contributed by atoms with van der Waals surface area (Å²) in [6.07, 6.45) is 4.83. The number of nitrogens with one attached hydrogen (secondary N) is 2. The van der Waals surface area contributed by atoms with Gasteiger partial charge in [0, 0.05) is 29.4 Å². The predicted molar refractivity (Wildman–Crippen MR) is 160 cm³/mol. The molecule has 44 heavy (non-hydrogen) atoms. The monoisotopic (exact) mass is 619 g/mol. The Hall–Kier alpha value is -5.43. The fraction of sp³-hybridized carbons (Fsp3) is 0.167. The molecule has 3 aromatic carbocycles. The van der Waals surface area contributed by atoms with Crippen LogP contribution in [0.15, 0.2) is 79.1 Å². The third-order valence-corrected chi connectivity index (χ3v) is 6.62. The fourth-order valence-corrected chi connectivity index (χ4v) is 4.41. The van der Waals surface area contributed by atoms with E-state index in [1.807, 2.05) is 30.3 Å². The first-order valence-electron chi connectivity index (χ1n) is 13.2. The first-order chi connectivity index (χ1) is 21.1. The van der Waals surface area contributed by atoms with Crippen LogP contribution in [-0.2, 0) is 20.8 Å². The molecular weight excluding hydrogens is 593 g/mol. The van der Waals surface area contributed by atoms with Crippen molar-refractivity contribution in [3.05, 3.63) is 107 Å². The summed E-state index contributed by atoms with van der Waals surface area (Å²) in [6, 6.07) is 16.7. The molecule has 0 spiro atoms. The molecule has 0 unspecified atom stereocenters. The number of nitrogens with zero attached hydrogens (tertiary/aromatic N) is 5. The van der Waals surface area contributed by atoms with Gasteiger partial charge in [0.05, 0.1) is 11.3 Å². The highest BCUT2D eigenvalue weighted by atomic mass is 35.5. The lowest BCUT2D eigenvalue weighted by atomic mass is 10.0. The quantitative estimate of drug-likeness (QED) is 0.204. The molecule has 0 bridgehead atoms. The van der Waals surface area contributed by atoms with Crippen LogP contribution in [0.25, 0.3) is 11.8 Å². The summed E-state index contributed by atoms with van der Waals surface area (Å²) < 4.78 is 16.2. The molecule has 0 aliphatic carbocycles. The van der Waals surface area contributed by atoms with Gasteiger partial charge in [0.25, 0.3) is 5.91 Å². The molecule has 12 nitrogen and oxygen atoms in total. The maximum atomic E-state index is 14.8. The number of hydrogen-bond donors (Lipinski definition) is 3. The van der Waals surface area contributed by atoms with Crippen molar-refractivity contribution in [2.45, 2.75) is 18.9 Å². The van der Waals surface area contributed by atoms with Gasteiger partial charge in [-0.3, -0.25) is 19.2 Å². The minimum atomic E-state index is -1.25. The zero-order valence-electron chi connectivity index (χ0n) is 23.4. The molecule has 0 aliphatic rings. The van der Waals surface area contributed by atoms with Crippen molar-refractivity contribution in [3.8, 4) is 5.69 Å². The average Bonchev–Trinajstić information content (AvgIpc) is 3.53. The molecule has 226 valence electrons. The number of anilines is 1. The van der Waals surface area contributed by atoms with Crippen LogP contribution < -0.4 is 10.6 Å². The number of amides is 3. The number of aromatic nitrogens is 4. The third kappa shape index (κ3) is 8.55. The lowest BCUT2D eigenvalue weighted by Crippen LogP contribution is -2.43. The van der Waals surface area contributed by atoms with Crippen LogP contribution in [0.2, 0.25) is 5.02 Å². The Balaban J connectivity index is 1.50. The number of tetrazole rings is 1. The summed E-state index contributed by atoms with van der Waals surface area (Å²) in [5.41, 5.74) is 1.75. The lowest BCUT2D eigenvalue weighted by molar-refractivity contribution is -0.137. The van der Waals surface area contributed by atoms with Gasteiger partial charge in [0.1, 0.15) is 24.7 Å². The first kappa shape index (κ1) is 31.5. The van der Waals surface area contributed by atoms with Crippen molar-refractivity contribution in [1.82, 2.24) is 30.4 Å². The smallest absolute Gasteiger partial charge is 0.323 e. The molecule has 0 aliphatic heterocycles. The van der Waals surface area contributed by atoms with E-state index in [1.54, 1.807) is 18.2 Å². The number of carboxylic acid groups (broad SMARTS) is 1. The predicted octanol–water partition coefficient (Wildman–Crippen LogP) is 3.38. The number of carboxylic acids is 1. The molecule has 1 aromatic heterocycles. The maximum absolute atomic E-state index is 14.8. The Morgan fingerprint density at radius 2 is 1.86 bits per heavy atom. The van der Waals surface area contributed by atoms with E-state index in [0.717, 1.165) is 22.6 Å². The second-order valence-corrected chi connectivity index (χ2v) is 10.1. The summed E-state index contributed by atoms with van der Waals surface area (Å²) >= 11 is 6.15. The number of likely N-dealkylation sites (N-methyl/N-ethyl adjacent to an activating group) is 1. The number of rotatable bonds is 12. The molecular formula is C30H27ClFN7O5. The van der Waals surface area contributed by atoms with E-state index in [0.29, 0.717) is 22.7 Å². The Morgan fingerprint density at radius 1 is 1.09 bits per heavy atom. The highest BCUT2D eigenvalue weighted by Gasteiger charge is 2.22. The summed E-state index contributed by atoms with van der Waals surface area (Å²) in [7, 11) is 1.24. The Morgan fingerprint density at radius 3 is 2.55 bits per heavy atom. The number of aryl methyl sites for hydroxylation is 1. The van der Waals surface area contributed by atoms with Crippen molar-refractivity contribution in [3.63, 3.8) is 0 Å². The number of carbonyl (C=O) groups is 4. The summed E-state index contributed by atoms with van der Waals surface area (Å²) in [5.74, 6) is -4.21. The molecule has 3 N–H and O–H groups in total. The molecule has 0 radical (unpaired) electrons. The second kappa shape index (κ2) is 14.6. The first-order valence-corrected chi connectivity index (χ1v) is 13.6. The van der Waals surface area contributed by atoms with Gasteiger partial charge < -0.3 is 20.6 Å². The zero-order valence-corrected chi connectivity index (χ0v) is 24.1. The topological polar surface area (TPSA) is 159 Å². The summed E-state index contributed by atoms with van der Waals surface area (Å²) in [5, 5.41) is 25.7. The average molecular weight is 620 g/mol. The molecule has 0 saturated heterocycles. The normalized spacial score (nSPS) is 11.6. The molecule has 4 aromatic rings. The van der Waals surface area contributed by atoms with Gasteiger partial charge in [0.2, 0.25) is 11.8 Å². The zero-order chi connectivity index (χ0) is 31.6. The molecule has 1 heterocycles. The van der Waals surface area contributed by atoms with E-state index < -0.39 is 42.1 Å². The number of halogens is 2. The third-order valence-electron chi connectivity index (χ3n) is 6.38. The van der Waals surface area contributed by atoms with Crippen molar-refractivity contribution in [1.29, 1.82) is 0 Å². The summed E-state index contributed by atoms with van der Waals surface area (Å²) in [6.45, 7) is -0.607. The van der Waals surface area contributed by atoms with Gasteiger partial charge >= 0.3 is 5.97 Å². The minimum Gasteiger partial charge on any atom is -0.480 e. The fourth-order valence-electron chi connectivity index (χ4n) is 4.22. The number of aliphatic carboxylic acids is 1. The van der Waals surface area contributed by atoms with Crippen LogP contribution in [0.5, 0.6) is 0 Å². The van der Waals surface area contributed by atoms with Crippen molar-refractivity contribution in [2.24, 2.45) is 0 Å². The largest absolute Gasteiger partial charge is 0.480 e. The van der Waals surface area contributed by atoms with E-state index in [9.17, 15) is 23.6 Å². The van der Waals surface area contributed by atoms with Crippen LogP contribution >= 0.6 is 11.6 Å². The van der Waals surface area contributed by atoms with E-state index in [1.165, 1.54) is 36.3 Å². The maximum Gasteiger partial charge on any atom is 0.323 e. The standard InChI is InChI=1S/C30H27ClFN7O5/c1-38(17-28(41)42)30(44)23-11-10-22(16-24(23)32)34-29(43)25(12-7-19-5-3-2-4-6-19)35-27(40)14-8-20-15-21(31)9-13-26(20)39-18-33-36-37-39/h2-6,8-11,13-16,18,25H,7,12,17H2,1H3,(H,34,43)(H,35,40)(H,41,42)/b14-8+/t25-/m0/s1. The lowest BCUT2D eigenvalue weighted by Gasteiger charge is -2.19.